The normalized spacial score (nSPS) is 10.9. The van der Waals surface area contributed by atoms with E-state index in [1.165, 1.54) is 6.26 Å². The maximum absolute atomic E-state index is 13.2. The molecular formula is C25H23NO5. The Labute approximate surface area is 179 Å². The molecule has 158 valence electrons. The van der Waals surface area contributed by atoms with Crippen LogP contribution in [0.25, 0.3) is 22.5 Å². The van der Waals surface area contributed by atoms with Gasteiger partial charge in [0.05, 0.1) is 11.6 Å². The summed E-state index contributed by atoms with van der Waals surface area (Å²) in [5.74, 6) is 0.178. The highest BCUT2D eigenvalue weighted by Crippen LogP contribution is 2.32. The minimum absolute atomic E-state index is 0.0364. The molecule has 4 aromatic rings. The Balaban J connectivity index is 1.56. The number of rotatable bonds is 7. The van der Waals surface area contributed by atoms with Crippen LogP contribution in [0, 0.1) is 13.8 Å². The number of hydrogen-bond acceptors (Lipinski definition) is 5. The summed E-state index contributed by atoms with van der Waals surface area (Å²) in [4.78, 5) is 25.5. The fourth-order valence-corrected chi connectivity index (χ4v) is 3.51. The molecule has 0 saturated carbocycles. The number of aryl methyl sites for hydroxylation is 2. The third-order valence-corrected chi connectivity index (χ3v) is 4.95. The molecule has 31 heavy (non-hydrogen) atoms. The smallest absolute Gasteiger partial charge is 0.257 e. The van der Waals surface area contributed by atoms with Crippen LogP contribution in [-0.4, -0.2) is 19.1 Å². The molecule has 2 heterocycles. The van der Waals surface area contributed by atoms with Crippen LogP contribution in [0.4, 0.5) is 0 Å². The first-order valence-corrected chi connectivity index (χ1v) is 10.1. The molecule has 4 rings (SSSR count). The molecule has 1 amide bonds. The van der Waals surface area contributed by atoms with Crippen molar-refractivity contribution < 1.29 is 18.4 Å². The fraction of sp³-hybridized carbons (Fsp3) is 0.200. The molecule has 2 aromatic heterocycles. The van der Waals surface area contributed by atoms with E-state index in [0.29, 0.717) is 29.7 Å². The number of carbonyl (C=O) groups is 1. The van der Waals surface area contributed by atoms with Gasteiger partial charge in [-0.1, -0.05) is 36.4 Å². The second-order valence-corrected chi connectivity index (χ2v) is 7.40. The van der Waals surface area contributed by atoms with E-state index in [-0.39, 0.29) is 29.5 Å². The van der Waals surface area contributed by atoms with Crippen molar-refractivity contribution in [2.24, 2.45) is 0 Å². The van der Waals surface area contributed by atoms with E-state index in [0.717, 1.165) is 16.7 Å². The van der Waals surface area contributed by atoms with Crippen molar-refractivity contribution in [2.45, 2.75) is 20.3 Å². The zero-order valence-electron chi connectivity index (χ0n) is 17.4. The molecule has 0 saturated heterocycles. The summed E-state index contributed by atoms with van der Waals surface area (Å²) in [6, 6.07) is 16.9. The summed E-state index contributed by atoms with van der Waals surface area (Å²) in [5.41, 5.74) is 3.04. The van der Waals surface area contributed by atoms with Gasteiger partial charge in [0.15, 0.2) is 12.4 Å². The molecule has 2 aromatic carbocycles. The summed E-state index contributed by atoms with van der Waals surface area (Å²) in [6.45, 7) is 3.96. The Hall–Kier alpha value is -3.80. The minimum Gasteiger partial charge on any atom is -0.476 e. The topological polar surface area (TPSA) is 81.7 Å². The van der Waals surface area contributed by atoms with E-state index in [9.17, 15) is 9.59 Å². The number of amides is 1. The molecule has 0 aliphatic carbocycles. The Morgan fingerprint density at radius 3 is 2.61 bits per heavy atom. The van der Waals surface area contributed by atoms with Gasteiger partial charge < -0.3 is 18.9 Å². The number of carbonyl (C=O) groups excluding carboxylic acids is 1. The summed E-state index contributed by atoms with van der Waals surface area (Å²) >= 11 is 0. The van der Waals surface area contributed by atoms with E-state index in [2.05, 4.69) is 5.32 Å². The molecule has 0 aliphatic rings. The first kappa shape index (κ1) is 20.5. The van der Waals surface area contributed by atoms with Gasteiger partial charge in [-0.05, 0) is 55.2 Å². The van der Waals surface area contributed by atoms with Crippen molar-refractivity contribution in [3.63, 3.8) is 0 Å². The lowest BCUT2D eigenvalue weighted by atomic mass is 10.1. The van der Waals surface area contributed by atoms with Gasteiger partial charge in [-0.2, -0.15) is 0 Å². The van der Waals surface area contributed by atoms with Crippen LogP contribution >= 0.6 is 0 Å². The van der Waals surface area contributed by atoms with Crippen LogP contribution in [0.1, 0.15) is 16.7 Å². The van der Waals surface area contributed by atoms with Crippen molar-refractivity contribution in [3.05, 3.63) is 87.8 Å². The Kier molecular flexibility index (Phi) is 5.89. The molecule has 6 nitrogen and oxygen atoms in total. The van der Waals surface area contributed by atoms with Gasteiger partial charge in [0.2, 0.25) is 16.9 Å². The molecule has 0 bridgehead atoms. The summed E-state index contributed by atoms with van der Waals surface area (Å²) in [7, 11) is 0. The van der Waals surface area contributed by atoms with Gasteiger partial charge in [-0.25, -0.2) is 0 Å². The van der Waals surface area contributed by atoms with Gasteiger partial charge >= 0.3 is 0 Å². The van der Waals surface area contributed by atoms with Crippen LogP contribution in [0.15, 0.2) is 74.5 Å². The summed E-state index contributed by atoms with van der Waals surface area (Å²) in [5, 5.41) is 3.22. The molecule has 6 heteroatoms. The van der Waals surface area contributed by atoms with Gasteiger partial charge in [0.25, 0.3) is 5.91 Å². The maximum Gasteiger partial charge on any atom is 0.257 e. The zero-order chi connectivity index (χ0) is 21.8. The zero-order valence-corrected chi connectivity index (χ0v) is 17.4. The molecular weight excluding hydrogens is 394 g/mol. The van der Waals surface area contributed by atoms with Crippen molar-refractivity contribution in [1.82, 2.24) is 5.32 Å². The van der Waals surface area contributed by atoms with Crippen molar-refractivity contribution in [2.75, 3.05) is 13.2 Å². The average Bonchev–Trinajstić information content (AvgIpc) is 3.29. The Morgan fingerprint density at radius 1 is 1.06 bits per heavy atom. The quantitative estimate of drug-likeness (QED) is 0.482. The summed E-state index contributed by atoms with van der Waals surface area (Å²) in [6.07, 6.45) is 2.20. The van der Waals surface area contributed by atoms with Crippen molar-refractivity contribution in [3.8, 4) is 17.3 Å². The van der Waals surface area contributed by atoms with E-state index < -0.39 is 0 Å². The Morgan fingerprint density at radius 2 is 1.87 bits per heavy atom. The van der Waals surface area contributed by atoms with Crippen LogP contribution in [-0.2, 0) is 11.2 Å². The lowest BCUT2D eigenvalue weighted by Gasteiger charge is -2.12. The van der Waals surface area contributed by atoms with E-state index >= 15 is 0 Å². The third kappa shape index (κ3) is 4.53. The largest absolute Gasteiger partial charge is 0.476 e. The molecule has 0 aliphatic heterocycles. The molecule has 1 N–H and O–H groups in total. The predicted octanol–water partition coefficient (Wildman–Crippen LogP) is 4.41. The van der Waals surface area contributed by atoms with Gasteiger partial charge in [0.1, 0.15) is 5.58 Å². The maximum atomic E-state index is 13.2. The van der Waals surface area contributed by atoms with Gasteiger partial charge in [0, 0.05) is 6.54 Å². The van der Waals surface area contributed by atoms with Crippen LogP contribution in [0.3, 0.4) is 0 Å². The standard InChI is InChI=1S/C25H23NO5/c1-16-13-17(2)23-19(14-16)22(28)25(24(31-23)20-9-6-12-29-20)30-15-21(27)26-11-10-18-7-4-3-5-8-18/h3-9,12-14H,10-11,15H2,1-2H3,(H,26,27). The van der Waals surface area contributed by atoms with E-state index in [1.807, 2.05) is 50.2 Å². The number of hydrogen-bond donors (Lipinski definition) is 1. The first-order valence-electron chi connectivity index (χ1n) is 10.1. The Bertz CT molecular complexity index is 1260. The highest BCUT2D eigenvalue weighted by molar-refractivity contribution is 5.85. The molecule has 0 fully saturated rings. The third-order valence-electron chi connectivity index (χ3n) is 4.95. The highest BCUT2D eigenvalue weighted by Gasteiger charge is 2.21. The first-order chi connectivity index (χ1) is 15.0. The van der Waals surface area contributed by atoms with E-state index in [1.54, 1.807) is 18.2 Å². The summed E-state index contributed by atoms with van der Waals surface area (Å²) < 4.78 is 17.1. The number of fused-ring (bicyclic) bond motifs is 1. The second kappa shape index (κ2) is 8.92. The monoisotopic (exact) mass is 417 g/mol. The van der Waals surface area contributed by atoms with E-state index in [4.69, 9.17) is 13.6 Å². The number of benzene rings is 2. The number of ether oxygens (including phenoxy) is 1. The lowest BCUT2D eigenvalue weighted by molar-refractivity contribution is -0.123. The number of nitrogens with one attached hydrogen (secondary N) is 1. The van der Waals surface area contributed by atoms with Gasteiger partial charge in [-0.15, -0.1) is 0 Å². The van der Waals surface area contributed by atoms with Crippen LogP contribution < -0.4 is 15.5 Å². The minimum atomic E-state index is -0.337. The predicted molar refractivity (Wildman–Crippen MR) is 118 cm³/mol. The fourth-order valence-electron chi connectivity index (χ4n) is 3.51. The highest BCUT2D eigenvalue weighted by atomic mass is 16.5. The number of furan rings is 1. The molecule has 0 spiro atoms. The van der Waals surface area contributed by atoms with Crippen LogP contribution in [0.2, 0.25) is 0 Å². The second-order valence-electron chi connectivity index (χ2n) is 7.40. The average molecular weight is 417 g/mol. The van der Waals surface area contributed by atoms with Gasteiger partial charge in [-0.3, -0.25) is 9.59 Å². The van der Waals surface area contributed by atoms with Crippen molar-refractivity contribution >= 4 is 16.9 Å². The molecule has 0 unspecified atom stereocenters. The lowest BCUT2D eigenvalue weighted by Crippen LogP contribution is -2.31. The van der Waals surface area contributed by atoms with Crippen molar-refractivity contribution in [1.29, 1.82) is 0 Å². The SMILES string of the molecule is Cc1cc(C)c2oc(-c3ccco3)c(OCC(=O)NCCc3ccccc3)c(=O)c2c1. The molecule has 0 atom stereocenters. The van der Waals surface area contributed by atoms with Crippen LogP contribution in [0.5, 0.6) is 5.75 Å². The molecule has 0 radical (unpaired) electrons.